The van der Waals surface area contributed by atoms with E-state index >= 15 is 0 Å². The second-order valence-corrected chi connectivity index (χ2v) is 9.63. The molecule has 1 saturated heterocycles. The first-order chi connectivity index (χ1) is 13.9. The SMILES string of the molecule is CN(C1CCN(Cc2cnc3ccccc3c2)CC1)S(=O)(=O)c1ccc(N)cc1. The van der Waals surface area contributed by atoms with Gasteiger partial charge < -0.3 is 5.73 Å². The van der Waals surface area contributed by atoms with Crippen molar-refractivity contribution in [2.75, 3.05) is 25.9 Å². The molecule has 1 fully saturated rings. The maximum absolute atomic E-state index is 12.9. The minimum absolute atomic E-state index is 0.00327. The minimum Gasteiger partial charge on any atom is -0.399 e. The Hall–Kier alpha value is -2.48. The van der Waals surface area contributed by atoms with Gasteiger partial charge in [-0.3, -0.25) is 9.88 Å². The largest absolute Gasteiger partial charge is 0.399 e. The standard InChI is InChI=1S/C22H26N4O2S/c1-25(29(27,28)21-8-6-19(23)7-9-21)20-10-12-26(13-11-20)16-17-14-18-4-2-3-5-22(18)24-15-17/h2-9,14-15,20H,10-13,16,23H2,1H3. The molecule has 1 aromatic heterocycles. The molecule has 0 amide bonds. The Labute approximate surface area is 172 Å². The normalized spacial score (nSPS) is 16.5. The zero-order chi connectivity index (χ0) is 20.4. The summed E-state index contributed by atoms with van der Waals surface area (Å²) in [7, 11) is -1.83. The number of nitrogen functional groups attached to an aromatic ring is 1. The first-order valence-corrected chi connectivity index (χ1v) is 11.3. The molecular weight excluding hydrogens is 384 g/mol. The minimum atomic E-state index is -3.51. The van der Waals surface area contributed by atoms with Gasteiger partial charge in [0.05, 0.1) is 10.4 Å². The van der Waals surface area contributed by atoms with Crippen LogP contribution in [0.5, 0.6) is 0 Å². The predicted molar refractivity (Wildman–Crippen MR) is 116 cm³/mol. The van der Waals surface area contributed by atoms with E-state index in [-0.39, 0.29) is 6.04 Å². The fourth-order valence-corrected chi connectivity index (χ4v) is 5.32. The van der Waals surface area contributed by atoms with Crippen molar-refractivity contribution in [1.82, 2.24) is 14.2 Å². The molecule has 0 saturated carbocycles. The predicted octanol–water partition coefficient (Wildman–Crippen LogP) is 3.10. The van der Waals surface area contributed by atoms with E-state index in [1.165, 1.54) is 9.87 Å². The van der Waals surface area contributed by atoms with Crippen molar-refractivity contribution in [3.63, 3.8) is 0 Å². The van der Waals surface area contributed by atoms with Crippen LogP contribution >= 0.6 is 0 Å². The van der Waals surface area contributed by atoms with E-state index in [9.17, 15) is 8.42 Å². The summed E-state index contributed by atoms with van der Waals surface area (Å²) in [6.07, 6.45) is 3.56. The third-order valence-corrected chi connectivity index (χ3v) is 7.61. The van der Waals surface area contributed by atoms with Crippen LogP contribution in [0.25, 0.3) is 10.9 Å². The molecule has 29 heavy (non-hydrogen) atoms. The van der Waals surface area contributed by atoms with Gasteiger partial charge >= 0.3 is 0 Å². The summed E-state index contributed by atoms with van der Waals surface area (Å²) in [5.41, 5.74) is 8.43. The van der Waals surface area contributed by atoms with Gasteiger partial charge in [0.2, 0.25) is 10.0 Å². The van der Waals surface area contributed by atoms with Gasteiger partial charge in [0.15, 0.2) is 0 Å². The number of aromatic nitrogens is 1. The number of para-hydroxylation sites is 1. The fraction of sp³-hybridized carbons (Fsp3) is 0.318. The Bertz CT molecular complexity index is 1090. The Morgan fingerprint density at radius 1 is 1.10 bits per heavy atom. The van der Waals surface area contributed by atoms with Crippen LogP contribution in [0.4, 0.5) is 5.69 Å². The Morgan fingerprint density at radius 2 is 1.79 bits per heavy atom. The summed E-state index contributed by atoms with van der Waals surface area (Å²) in [6.45, 7) is 2.55. The number of benzene rings is 2. The maximum atomic E-state index is 12.9. The number of pyridine rings is 1. The monoisotopic (exact) mass is 410 g/mol. The molecule has 7 heteroatoms. The number of anilines is 1. The average Bonchev–Trinajstić information content (AvgIpc) is 2.74. The van der Waals surface area contributed by atoms with Crippen molar-refractivity contribution in [2.45, 2.75) is 30.3 Å². The van der Waals surface area contributed by atoms with E-state index in [1.807, 2.05) is 24.4 Å². The molecule has 1 aliphatic heterocycles. The van der Waals surface area contributed by atoms with E-state index in [0.717, 1.165) is 43.4 Å². The second-order valence-electron chi connectivity index (χ2n) is 7.63. The summed E-state index contributed by atoms with van der Waals surface area (Å²) in [5, 5.41) is 1.15. The number of likely N-dealkylation sites (tertiary alicyclic amines) is 1. The molecule has 4 rings (SSSR count). The summed E-state index contributed by atoms with van der Waals surface area (Å²) in [5.74, 6) is 0. The molecule has 3 aromatic rings. The molecule has 0 radical (unpaired) electrons. The van der Waals surface area contributed by atoms with Gasteiger partial charge in [-0.25, -0.2) is 8.42 Å². The smallest absolute Gasteiger partial charge is 0.243 e. The van der Waals surface area contributed by atoms with Gasteiger partial charge in [0, 0.05) is 50.0 Å². The van der Waals surface area contributed by atoms with Crippen molar-refractivity contribution >= 4 is 26.6 Å². The van der Waals surface area contributed by atoms with Crippen LogP contribution in [0.2, 0.25) is 0 Å². The number of rotatable bonds is 5. The highest BCUT2D eigenvalue weighted by Gasteiger charge is 2.30. The van der Waals surface area contributed by atoms with Gasteiger partial charge in [0.1, 0.15) is 0 Å². The lowest BCUT2D eigenvalue weighted by atomic mass is 10.0. The van der Waals surface area contributed by atoms with E-state index in [0.29, 0.717) is 10.6 Å². The molecule has 0 unspecified atom stereocenters. The molecule has 2 heterocycles. The number of nitrogens with two attached hydrogens (primary N) is 1. The molecule has 2 N–H and O–H groups in total. The van der Waals surface area contributed by atoms with Crippen LogP contribution in [-0.2, 0) is 16.6 Å². The maximum Gasteiger partial charge on any atom is 0.243 e. The number of sulfonamides is 1. The molecule has 0 bridgehead atoms. The highest BCUT2D eigenvalue weighted by atomic mass is 32.2. The molecule has 0 atom stereocenters. The summed E-state index contributed by atoms with van der Waals surface area (Å²) in [6, 6.07) is 16.7. The number of fused-ring (bicyclic) bond motifs is 1. The first kappa shape index (κ1) is 19.8. The van der Waals surface area contributed by atoms with Crippen LogP contribution in [0, 0.1) is 0 Å². The zero-order valence-corrected chi connectivity index (χ0v) is 17.3. The lowest BCUT2D eigenvalue weighted by molar-refractivity contribution is 0.164. The van der Waals surface area contributed by atoms with Crippen molar-refractivity contribution in [2.24, 2.45) is 0 Å². The Kier molecular flexibility index (Phi) is 5.54. The number of hydrogen-bond donors (Lipinski definition) is 1. The van der Waals surface area contributed by atoms with E-state index in [2.05, 4.69) is 22.0 Å². The Balaban J connectivity index is 1.38. The third-order valence-electron chi connectivity index (χ3n) is 5.68. The summed E-state index contributed by atoms with van der Waals surface area (Å²) < 4.78 is 27.3. The van der Waals surface area contributed by atoms with Gasteiger partial charge in [-0.1, -0.05) is 18.2 Å². The van der Waals surface area contributed by atoms with Crippen molar-refractivity contribution in [3.05, 3.63) is 66.4 Å². The van der Waals surface area contributed by atoms with E-state index in [1.54, 1.807) is 31.3 Å². The second kappa shape index (κ2) is 8.10. The average molecular weight is 411 g/mol. The van der Waals surface area contributed by atoms with Crippen LogP contribution in [0.15, 0.2) is 65.7 Å². The van der Waals surface area contributed by atoms with E-state index < -0.39 is 10.0 Å². The molecular formula is C22H26N4O2S. The van der Waals surface area contributed by atoms with Gasteiger partial charge in [0.25, 0.3) is 0 Å². The highest BCUT2D eigenvalue weighted by molar-refractivity contribution is 7.89. The number of hydrogen-bond acceptors (Lipinski definition) is 5. The van der Waals surface area contributed by atoms with Crippen LogP contribution in [-0.4, -0.2) is 48.8 Å². The third kappa shape index (κ3) is 4.27. The first-order valence-electron chi connectivity index (χ1n) is 9.83. The van der Waals surface area contributed by atoms with Crippen LogP contribution in [0.1, 0.15) is 18.4 Å². The summed E-state index contributed by atoms with van der Waals surface area (Å²) in [4.78, 5) is 7.20. The van der Waals surface area contributed by atoms with Gasteiger partial charge in [-0.2, -0.15) is 4.31 Å². The molecule has 152 valence electrons. The zero-order valence-electron chi connectivity index (χ0n) is 16.5. The molecule has 2 aromatic carbocycles. The quantitative estimate of drug-likeness (QED) is 0.654. The van der Waals surface area contributed by atoms with Crippen LogP contribution in [0.3, 0.4) is 0 Å². The molecule has 6 nitrogen and oxygen atoms in total. The lowest BCUT2D eigenvalue weighted by Gasteiger charge is -2.36. The molecule has 1 aliphatic rings. The lowest BCUT2D eigenvalue weighted by Crippen LogP contribution is -2.45. The highest BCUT2D eigenvalue weighted by Crippen LogP contribution is 2.24. The summed E-state index contributed by atoms with van der Waals surface area (Å²) >= 11 is 0. The fourth-order valence-electron chi connectivity index (χ4n) is 3.90. The number of nitrogens with zero attached hydrogens (tertiary/aromatic N) is 3. The van der Waals surface area contributed by atoms with Crippen molar-refractivity contribution < 1.29 is 8.42 Å². The number of piperidine rings is 1. The molecule has 0 aliphatic carbocycles. The van der Waals surface area contributed by atoms with Gasteiger partial charge in [-0.15, -0.1) is 0 Å². The van der Waals surface area contributed by atoms with Gasteiger partial charge in [-0.05, 0) is 54.8 Å². The van der Waals surface area contributed by atoms with E-state index in [4.69, 9.17) is 5.73 Å². The van der Waals surface area contributed by atoms with Crippen molar-refractivity contribution in [3.8, 4) is 0 Å². The van der Waals surface area contributed by atoms with Crippen LogP contribution < -0.4 is 5.73 Å². The van der Waals surface area contributed by atoms with Crippen molar-refractivity contribution in [1.29, 1.82) is 0 Å². The topological polar surface area (TPSA) is 79.5 Å². The Morgan fingerprint density at radius 3 is 2.52 bits per heavy atom. The molecule has 0 spiro atoms.